The number of hydrogen-bond donors (Lipinski definition) is 1. The number of rotatable bonds is 2. The molecule has 0 spiro atoms. The lowest BCUT2D eigenvalue weighted by atomic mass is 9.77. The molecular weight excluding hydrogens is 478 g/mol. The summed E-state index contributed by atoms with van der Waals surface area (Å²) in [6.45, 7) is 8.37. The zero-order valence-corrected chi connectivity index (χ0v) is 22.9. The summed E-state index contributed by atoms with van der Waals surface area (Å²) in [5.74, 6) is 1.35. The first-order valence-corrected chi connectivity index (χ1v) is 14.4. The predicted molar refractivity (Wildman–Crippen MR) is 146 cm³/mol. The van der Waals surface area contributed by atoms with Gasteiger partial charge in [-0.25, -0.2) is 4.98 Å². The number of aromatic nitrogens is 2. The van der Waals surface area contributed by atoms with E-state index in [0.29, 0.717) is 44.1 Å². The summed E-state index contributed by atoms with van der Waals surface area (Å²) in [5, 5.41) is 3.25. The number of benzene rings is 1. The molecule has 0 radical (unpaired) electrons. The van der Waals surface area contributed by atoms with E-state index in [9.17, 15) is 14.4 Å². The molecule has 3 aliphatic heterocycles. The number of nitrogens with zero attached hydrogens (tertiary/aromatic N) is 4. The van der Waals surface area contributed by atoms with Gasteiger partial charge in [-0.05, 0) is 67.9 Å². The molecule has 8 heteroatoms. The molecule has 204 valence electrons. The van der Waals surface area contributed by atoms with Crippen molar-refractivity contribution >= 4 is 28.8 Å². The average Bonchev–Trinajstić information content (AvgIpc) is 2.91. The van der Waals surface area contributed by atoms with Crippen LogP contribution < -0.4 is 5.32 Å². The van der Waals surface area contributed by atoms with Crippen LogP contribution in [0.4, 0.5) is 0 Å². The number of likely N-dealkylation sites (tertiary alicyclic amines) is 1. The highest BCUT2D eigenvalue weighted by Crippen LogP contribution is 2.37. The molecule has 3 fully saturated rings. The zero-order chi connectivity index (χ0) is 26.8. The number of carbonyl (C=O) groups excluding carboxylic acids is 3. The minimum Gasteiger partial charge on any atom is -0.353 e. The fourth-order valence-corrected chi connectivity index (χ4v) is 6.70. The first-order chi connectivity index (χ1) is 18.3. The Hall–Kier alpha value is -3.03. The molecule has 0 unspecified atom stereocenters. The molecule has 4 heterocycles. The lowest BCUT2D eigenvalue weighted by Crippen LogP contribution is -2.60. The molecule has 1 aromatic heterocycles. The van der Waals surface area contributed by atoms with E-state index in [0.717, 1.165) is 43.1 Å². The maximum absolute atomic E-state index is 13.6. The maximum Gasteiger partial charge on any atom is 0.274 e. The normalized spacial score (nSPS) is 29.2. The Bertz CT molecular complexity index is 1180. The number of amides is 3. The molecule has 2 bridgehead atoms. The van der Waals surface area contributed by atoms with Gasteiger partial charge in [-0.2, -0.15) is 0 Å². The Kier molecular flexibility index (Phi) is 7.96. The molecule has 1 aromatic carbocycles. The van der Waals surface area contributed by atoms with E-state index in [4.69, 9.17) is 0 Å². The Balaban J connectivity index is 1.33. The average molecular weight is 520 g/mol. The summed E-state index contributed by atoms with van der Waals surface area (Å²) in [6, 6.07) is 7.79. The van der Waals surface area contributed by atoms with E-state index in [1.54, 1.807) is 6.20 Å². The SMILES string of the molecule is CC(C)[C@@H]1CC[C@@H](C)CC(=O)N2C[C@H]3C[C@@H](CN(C(=O)c4cnc5ccccc5n4)C3)[C@@H]2CCCC(=O)N1. The second-order valence-corrected chi connectivity index (χ2v) is 12.1. The van der Waals surface area contributed by atoms with E-state index in [2.05, 4.69) is 41.0 Å². The molecule has 8 nitrogen and oxygen atoms in total. The monoisotopic (exact) mass is 519 g/mol. The number of piperidine rings is 2. The van der Waals surface area contributed by atoms with Crippen molar-refractivity contribution in [1.82, 2.24) is 25.1 Å². The van der Waals surface area contributed by atoms with Gasteiger partial charge in [-0.3, -0.25) is 19.4 Å². The van der Waals surface area contributed by atoms with Crippen molar-refractivity contribution < 1.29 is 14.4 Å². The van der Waals surface area contributed by atoms with Gasteiger partial charge < -0.3 is 15.1 Å². The number of fused-ring (bicyclic) bond motifs is 5. The molecule has 38 heavy (non-hydrogen) atoms. The van der Waals surface area contributed by atoms with Crippen LogP contribution in [0.2, 0.25) is 0 Å². The van der Waals surface area contributed by atoms with Gasteiger partial charge in [-0.15, -0.1) is 0 Å². The van der Waals surface area contributed by atoms with Crippen molar-refractivity contribution in [2.24, 2.45) is 23.7 Å². The fourth-order valence-electron chi connectivity index (χ4n) is 6.70. The van der Waals surface area contributed by atoms with E-state index >= 15 is 0 Å². The fraction of sp³-hybridized carbons (Fsp3) is 0.633. The first-order valence-electron chi connectivity index (χ1n) is 14.4. The van der Waals surface area contributed by atoms with Gasteiger partial charge >= 0.3 is 0 Å². The molecule has 3 saturated heterocycles. The molecule has 5 atom stereocenters. The molecule has 0 saturated carbocycles. The first kappa shape index (κ1) is 26.6. The lowest BCUT2D eigenvalue weighted by Gasteiger charge is -2.51. The number of para-hydroxylation sites is 2. The van der Waals surface area contributed by atoms with Crippen LogP contribution in [0.15, 0.2) is 30.5 Å². The third-order valence-corrected chi connectivity index (χ3v) is 8.79. The molecule has 1 N–H and O–H groups in total. The summed E-state index contributed by atoms with van der Waals surface area (Å²) in [4.78, 5) is 52.9. The van der Waals surface area contributed by atoms with E-state index in [-0.39, 0.29) is 47.6 Å². The molecule has 3 aliphatic rings. The highest BCUT2D eigenvalue weighted by molar-refractivity contribution is 5.94. The van der Waals surface area contributed by atoms with Crippen LogP contribution in [0.3, 0.4) is 0 Å². The van der Waals surface area contributed by atoms with Crippen molar-refractivity contribution in [3.8, 4) is 0 Å². The summed E-state index contributed by atoms with van der Waals surface area (Å²) >= 11 is 0. The second-order valence-electron chi connectivity index (χ2n) is 12.1. The van der Waals surface area contributed by atoms with Crippen LogP contribution in [0, 0.1) is 23.7 Å². The van der Waals surface area contributed by atoms with Crippen molar-refractivity contribution in [3.63, 3.8) is 0 Å². The predicted octanol–water partition coefficient (Wildman–Crippen LogP) is 4.05. The van der Waals surface area contributed by atoms with E-state index < -0.39 is 0 Å². The van der Waals surface area contributed by atoms with Crippen LogP contribution in [0.5, 0.6) is 0 Å². The third kappa shape index (κ3) is 5.84. The number of carbonyl (C=O) groups is 3. The van der Waals surface area contributed by atoms with Crippen molar-refractivity contribution in [3.05, 3.63) is 36.2 Å². The van der Waals surface area contributed by atoms with Gasteiger partial charge in [0.2, 0.25) is 11.8 Å². The smallest absolute Gasteiger partial charge is 0.274 e. The number of nitrogens with one attached hydrogen (secondary N) is 1. The molecule has 3 amide bonds. The van der Waals surface area contributed by atoms with Crippen LogP contribution in [-0.2, 0) is 9.59 Å². The topological polar surface area (TPSA) is 95.5 Å². The highest BCUT2D eigenvalue weighted by Gasteiger charge is 2.44. The molecule has 2 aromatic rings. The Morgan fingerprint density at radius 3 is 2.63 bits per heavy atom. The lowest BCUT2D eigenvalue weighted by molar-refractivity contribution is -0.141. The van der Waals surface area contributed by atoms with Crippen molar-refractivity contribution in [2.45, 2.75) is 77.8 Å². The molecule has 0 aliphatic carbocycles. The molecular formula is C30H41N5O3. The van der Waals surface area contributed by atoms with E-state index in [1.807, 2.05) is 29.2 Å². The van der Waals surface area contributed by atoms with Gasteiger partial charge in [0.1, 0.15) is 5.69 Å². The van der Waals surface area contributed by atoms with Crippen molar-refractivity contribution in [2.75, 3.05) is 19.6 Å². The van der Waals surface area contributed by atoms with Gasteiger partial charge in [0, 0.05) is 44.6 Å². The van der Waals surface area contributed by atoms with E-state index in [1.165, 1.54) is 0 Å². The quantitative estimate of drug-likeness (QED) is 0.646. The number of hydrogen-bond acceptors (Lipinski definition) is 5. The summed E-state index contributed by atoms with van der Waals surface area (Å²) < 4.78 is 0. The van der Waals surface area contributed by atoms with Gasteiger partial charge in [0.15, 0.2) is 0 Å². The highest BCUT2D eigenvalue weighted by atomic mass is 16.2. The minimum atomic E-state index is -0.0879. The largest absolute Gasteiger partial charge is 0.353 e. The Morgan fingerprint density at radius 2 is 1.84 bits per heavy atom. The van der Waals surface area contributed by atoms with Crippen LogP contribution in [0.1, 0.15) is 76.2 Å². The van der Waals surface area contributed by atoms with Gasteiger partial charge in [0.25, 0.3) is 5.91 Å². The zero-order valence-electron chi connectivity index (χ0n) is 22.9. The van der Waals surface area contributed by atoms with Crippen LogP contribution in [0.25, 0.3) is 11.0 Å². The molecule has 5 rings (SSSR count). The van der Waals surface area contributed by atoms with Crippen LogP contribution in [-0.4, -0.2) is 69.2 Å². The maximum atomic E-state index is 13.6. The van der Waals surface area contributed by atoms with Gasteiger partial charge in [0.05, 0.1) is 17.2 Å². The Morgan fingerprint density at radius 1 is 1.05 bits per heavy atom. The third-order valence-electron chi connectivity index (χ3n) is 8.79. The Labute approximate surface area is 225 Å². The summed E-state index contributed by atoms with van der Waals surface area (Å²) in [7, 11) is 0. The van der Waals surface area contributed by atoms with Crippen molar-refractivity contribution in [1.29, 1.82) is 0 Å². The standard InChI is InChI=1S/C30H41N5O3/c1-19(2)23-12-11-20(3)13-29(37)35-17-21-14-22(27(35)9-6-10-28(36)33-23)18-34(16-21)30(38)26-15-31-24-7-4-5-8-25(24)32-26/h4-5,7-8,15,19-23,27H,6,9-14,16-18H2,1-3H3,(H,33,36)/t20-,21+,22+,23+,27+/m1/s1. The summed E-state index contributed by atoms with van der Waals surface area (Å²) in [5.41, 5.74) is 1.86. The van der Waals surface area contributed by atoms with Gasteiger partial charge in [-0.1, -0.05) is 32.9 Å². The van der Waals surface area contributed by atoms with Crippen LogP contribution >= 0.6 is 0 Å². The summed E-state index contributed by atoms with van der Waals surface area (Å²) in [6.07, 6.45) is 6.97. The minimum absolute atomic E-state index is 0.0543. The second kappa shape index (κ2) is 11.4.